The van der Waals surface area contributed by atoms with E-state index in [4.69, 9.17) is 4.74 Å². The molecule has 1 heterocycles. The smallest absolute Gasteiger partial charge is 0.328 e. The molecule has 9 heteroatoms. The van der Waals surface area contributed by atoms with Gasteiger partial charge in [0.2, 0.25) is 10.0 Å². The van der Waals surface area contributed by atoms with Crippen molar-refractivity contribution < 1.29 is 17.9 Å². The number of rotatable bonds is 8. The number of nitrogens with zero attached hydrogens (tertiary/aromatic N) is 3. The Hall–Kier alpha value is -2.91. The lowest BCUT2D eigenvalue weighted by atomic mass is 10.1. The lowest BCUT2D eigenvalue weighted by molar-refractivity contribution is 0.0967. The summed E-state index contributed by atoms with van der Waals surface area (Å²) in [6, 6.07) is 11.2. The Labute approximate surface area is 175 Å². The van der Waals surface area contributed by atoms with Gasteiger partial charge in [0.05, 0.1) is 29.1 Å². The van der Waals surface area contributed by atoms with Gasteiger partial charge >= 0.3 is 5.69 Å². The molecule has 0 spiro atoms. The van der Waals surface area contributed by atoms with E-state index in [2.05, 4.69) is 0 Å². The standard InChI is InChI=1S/C21H25N3O5S/c1-5-24(14-20(25)15-8-7-9-16(12-15)29-6-2)30(27,28)17-10-11-18-19(13-17)23(4)21(26)22(18)3/h7-13H,5-6,14H2,1-4H3. The predicted octanol–water partition coefficient (Wildman–Crippen LogP) is 2.17. The Morgan fingerprint density at radius 1 is 1.03 bits per heavy atom. The number of Topliss-reactive ketones (excluding diaryl/α,β-unsaturated/α-hetero) is 1. The molecule has 0 bridgehead atoms. The first-order valence-electron chi connectivity index (χ1n) is 9.62. The number of fused-ring (bicyclic) bond motifs is 1. The molecular weight excluding hydrogens is 406 g/mol. The molecule has 160 valence electrons. The Morgan fingerprint density at radius 3 is 2.40 bits per heavy atom. The van der Waals surface area contributed by atoms with E-state index in [1.807, 2.05) is 6.92 Å². The van der Waals surface area contributed by atoms with Crippen molar-refractivity contribution in [2.75, 3.05) is 19.7 Å². The average Bonchev–Trinajstić information content (AvgIpc) is 2.95. The van der Waals surface area contributed by atoms with E-state index in [0.717, 1.165) is 4.31 Å². The minimum atomic E-state index is -3.93. The van der Waals surface area contributed by atoms with Crippen LogP contribution in [-0.4, -0.2) is 47.3 Å². The third-order valence-corrected chi connectivity index (χ3v) is 6.94. The van der Waals surface area contributed by atoms with Crippen molar-refractivity contribution in [1.29, 1.82) is 0 Å². The molecule has 1 aromatic heterocycles. The molecule has 0 saturated carbocycles. The molecule has 3 rings (SSSR count). The molecule has 30 heavy (non-hydrogen) atoms. The summed E-state index contributed by atoms with van der Waals surface area (Å²) in [7, 11) is -0.708. The summed E-state index contributed by atoms with van der Waals surface area (Å²) in [5.74, 6) is 0.236. The molecule has 0 amide bonds. The first kappa shape index (κ1) is 21.8. The summed E-state index contributed by atoms with van der Waals surface area (Å²) in [5, 5.41) is 0. The Morgan fingerprint density at radius 2 is 1.73 bits per heavy atom. The van der Waals surface area contributed by atoms with Crippen LogP contribution in [0.3, 0.4) is 0 Å². The fraction of sp³-hybridized carbons (Fsp3) is 0.333. The zero-order valence-corrected chi connectivity index (χ0v) is 18.3. The molecule has 0 radical (unpaired) electrons. The van der Waals surface area contributed by atoms with Crippen molar-refractivity contribution in [3.05, 3.63) is 58.5 Å². The van der Waals surface area contributed by atoms with Gasteiger partial charge in [0, 0.05) is 26.2 Å². The SMILES string of the molecule is CCOc1cccc(C(=O)CN(CC)S(=O)(=O)c2ccc3c(c2)n(C)c(=O)n3C)c1. The van der Waals surface area contributed by atoms with Gasteiger partial charge in [0.1, 0.15) is 5.75 Å². The Bertz CT molecular complexity index is 1260. The Balaban J connectivity index is 1.93. The number of hydrogen-bond acceptors (Lipinski definition) is 5. The number of aromatic nitrogens is 2. The molecule has 0 aliphatic rings. The second-order valence-corrected chi connectivity index (χ2v) is 8.80. The van der Waals surface area contributed by atoms with Gasteiger partial charge < -0.3 is 4.74 Å². The number of hydrogen-bond donors (Lipinski definition) is 0. The molecule has 8 nitrogen and oxygen atoms in total. The minimum Gasteiger partial charge on any atom is -0.494 e. The van der Waals surface area contributed by atoms with Crippen molar-refractivity contribution in [3.8, 4) is 5.75 Å². The summed E-state index contributed by atoms with van der Waals surface area (Å²) >= 11 is 0. The summed E-state index contributed by atoms with van der Waals surface area (Å²) in [4.78, 5) is 24.9. The van der Waals surface area contributed by atoms with Crippen molar-refractivity contribution in [3.63, 3.8) is 0 Å². The zero-order valence-electron chi connectivity index (χ0n) is 17.5. The molecule has 0 aliphatic heterocycles. The highest BCUT2D eigenvalue weighted by molar-refractivity contribution is 7.89. The van der Waals surface area contributed by atoms with Gasteiger partial charge in [0.15, 0.2) is 5.78 Å². The van der Waals surface area contributed by atoms with Crippen LogP contribution in [0.1, 0.15) is 24.2 Å². The third kappa shape index (κ3) is 3.90. The second kappa shape index (κ2) is 8.45. The van der Waals surface area contributed by atoms with Crippen LogP contribution >= 0.6 is 0 Å². The lowest BCUT2D eigenvalue weighted by Crippen LogP contribution is -2.35. The van der Waals surface area contributed by atoms with Gasteiger partial charge in [0.25, 0.3) is 0 Å². The van der Waals surface area contributed by atoms with Crippen molar-refractivity contribution in [2.24, 2.45) is 14.1 Å². The van der Waals surface area contributed by atoms with Crippen LogP contribution in [0.25, 0.3) is 11.0 Å². The highest BCUT2D eigenvalue weighted by atomic mass is 32.2. The van der Waals surface area contributed by atoms with Crippen LogP contribution in [0, 0.1) is 0 Å². The van der Waals surface area contributed by atoms with Crippen molar-refractivity contribution >= 4 is 26.8 Å². The van der Waals surface area contributed by atoms with E-state index < -0.39 is 10.0 Å². The van der Waals surface area contributed by atoms with E-state index in [0.29, 0.717) is 29.0 Å². The number of carbonyl (C=O) groups is 1. The highest BCUT2D eigenvalue weighted by Gasteiger charge is 2.27. The summed E-state index contributed by atoms with van der Waals surface area (Å²) in [6.45, 7) is 3.83. The van der Waals surface area contributed by atoms with E-state index in [1.165, 1.54) is 21.3 Å². The predicted molar refractivity (Wildman–Crippen MR) is 115 cm³/mol. The lowest BCUT2D eigenvalue weighted by Gasteiger charge is -2.20. The second-order valence-electron chi connectivity index (χ2n) is 6.87. The van der Waals surface area contributed by atoms with E-state index >= 15 is 0 Å². The maximum atomic E-state index is 13.2. The van der Waals surface area contributed by atoms with E-state index in [9.17, 15) is 18.0 Å². The number of ether oxygens (including phenoxy) is 1. The first-order valence-corrected chi connectivity index (χ1v) is 11.1. The van der Waals surface area contributed by atoms with Crippen LogP contribution in [0.2, 0.25) is 0 Å². The molecule has 0 atom stereocenters. The van der Waals surface area contributed by atoms with Gasteiger partial charge in [-0.3, -0.25) is 13.9 Å². The maximum absolute atomic E-state index is 13.2. The van der Waals surface area contributed by atoms with Crippen molar-refractivity contribution in [1.82, 2.24) is 13.4 Å². The quantitative estimate of drug-likeness (QED) is 0.510. The van der Waals surface area contributed by atoms with Gasteiger partial charge in [-0.2, -0.15) is 4.31 Å². The van der Waals surface area contributed by atoms with Gasteiger partial charge in [-0.1, -0.05) is 19.1 Å². The summed E-state index contributed by atoms with van der Waals surface area (Å²) in [5.41, 5.74) is 1.29. The molecule has 2 aromatic carbocycles. The fourth-order valence-electron chi connectivity index (χ4n) is 3.34. The molecule has 3 aromatic rings. The molecular formula is C21H25N3O5S. The number of likely N-dealkylation sites (N-methyl/N-ethyl adjacent to an activating group) is 1. The summed E-state index contributed by atoms with van der Waals surface area (Å²) < 4.78 is 35.8. The van der Waals surface area contributed by atoms with Crippen molar-refractivity contribution in [2.45, 2.75) is 18.7 Å². The number of imidazole rings is 1. The largest absolute Gasteiger partial charge is 0.494 e. The van der Waals surface area contributed by atoms with Crippen LogP contribution in [0.5, 0.6) is 5.75 Å². The minimum absolute atomic E-state index is 0.0360. The maximum Gasteiger partial charge on any atom is 0.328 e. The third-order valence-electron chi connectivity index (χ3n) is 5.02. The van der Waals surface area contributed by atoms with Crippen LogP contribution in [0.4, 0.5) is 0 Å². The topological polar surface area (TPSA) is 90.6 Å². The highest BCUT2D eigenvalue weighted by Crippen LogP contribution is 2.22. The normalized spacial score (nSPS) is 11.9. The van der Waals surface area contributed by atoms with E-state index in [1.54, 1.807) is 51.4 Å². The fourth-order valence-corrected chi connectivity index (χ4v) is 4.77. The first-order chi connectivity index (χ1) is 14.2. The number of sulfonamides is 1. The molecule has 0 N–H and O–H groups in total. The number of benzene rings is 2. The average molecular weight is 432 g/mol. The van der Waals surface area contributed by atoms with Gasteiger partial charge in [-0.25, -0.2) is 13.2 Å². The van der Waals surface area contributed by atoms with Crippen LogP contribution in [-0.2, 0) is 24.1 Å². The number of carbonyl (C=O) groups excluding carboxylic acids is 1. The van der Waals surface area contributed by atoms with E-state index in [-0.39, 0.29) is 29.5 Å². The number of ketones is 1. The molecule has 0 aliphatic carbocycles. The van der Waals surface area contributed by atoms with Crippen LogP contribution in [0.15, 0.2) is 52.2 Å². The molecule has 0 unspecified atom stereocenters. The van der Waals surface area contributed by atoms with Crippen LogP contribution < -0.4 is 10.4 Å². The summed E-state index contributed by atoms with van der Waals surface area (Å²) in [6.07, 6.45) is 0. The van der Waals surface area contributed by atoms with Gasteiger partial charge in [-0.15, -0.1) is 0 Å². The Kier molecular flexibility index (Phi) is 6.14. The monoisotopic (exact) mass is 431 g/mol. The number of aryl methyl sites for hydroxylation is 2. The zero-order chi connectivity index (χ0) is 22.1. The molecule has 0 fully saturated rings. The van der Waals surface area contributed by atoms with Gasteiger partial charge in [-0.05, 0) is 37.3 Å². The molecule has 0 saturated heterocycles.